The summed E-state index contributed by atoms with van der Waals surface area (Å²) in [7, 11) is 0. The molecule has 84 heavy (non-hydrogen) atoms. The Morgan fingerprint density at radius 2 is 0.595 bits per heavy atom. The first kappa shape index (κ1) is 54.3. The molecule has 0 fully saturated rings. The number of rotatable bonds is 22. The number of hydrogen-bond acceptors (Lipinski definition) is 6. The maximum absolute atomic E-state index is 14.9. The van der Waals surface area contributed by atoms with Crippen LogP contribution in [-0.2, 0) is 25.7 Å². The summed E-state index contributed by atoms with van der Waals surface area (Å²) in [6, 6.07) is 49.6. The van der Waals surface area contributed by atoms with Gasteiger partial charge < -0.3 is 0 Å². The number of unbranched alkanes of at least 4 members (excludes halogenated alkanes) is 10. The molecule has 2 aliphatic rings. The summed E-state index contributed by atoms with van der Waals surface area (Å²) in [6.07, 6.45) is 19.1. The van der Waals surface area contributed by atoms with Crippen molar-refractivity contribution in [3.63, 3.8) is 0 Å². The molecule has 0 atom stereocenters. The van der Waals surface area contributed by atoms with Gasteiger partial charge in [-0.3, -0.25) is 29.0 Å². The van der Waals surface area contributed by atoms with Gasteiger partial charge in [0.1, 0.15) is 0 Å². The van der Waals surface area contributed by atoms with Crippen LogP contribution in [0.5, 0.6) is 0 Å². The van der Waals surface area contributed by atoms with Gasteiger partial charge in [-0.1, -0.05) is 187 Å². The fourth-order valence-corrected chi connectivity index (χ4v) is 14.8. The molecule has 8 heteroatoms. The molecule has 0 radical (unpaired) electrons. The second-order valence-corrected chi connectivity index (χ2v) is 23.6. The van der Waals surface area contributed by atoms with Crippen LogP contribution in [-0.4, -0.2) is 46.5 Å². The Bertz CT molecular complexity index is 4210. The van der Waals surface area contributed by atoms with Gasteiger partial charge >= 0.3 is 0 Å². The fourth-order valence-electron chi connectivity index (χ4n) is 14.8. The van der Waals surface area contributed by atoms with Crippen molar-refractivity contribution in [2.45, 2.75) is 129 Å². The van der Waals surface area contributed by atoms with Crippen molar-refractivity contribution in [1.29, 1.82) is 10.5 Å². The summed E-state index contributed by atoms with van der Waals surface area (Å²) >= 11 is 0. The Balaban J connectivity index is 0.804. The van der Waals surface area contributed by atoms with Crippen LogP contribution in [0.25, 0.3) is 86.2 Å². The molecule has 13 rings (SSSR count). The minimum atomic E-state index is -0.466. The van der Waals surface area contributed by atoms with Gasteiger partial charge in [-0.2, -0.15) is 10.5 Å². The fraction of sp³-hybridized carbons (Fsp3) is 0.289. The molecule has 0 saturated heterocycles. The summed E-state index contributed by atoms with van der Waals surface area (Å²) in [4.78, 5) is 62.2. The number of imide groups is 2. The Morgan fingerprint density at radius 1 is 0.310 bits per heavy atom. The van der Waals surface area contributed by atoms with Crippen molar-refractivity contribution in [3.8, 4) is 12.1 Å². The van der Waals surface area contributed by atoms with Crippen molar-refractivity contribution < 1.29 is 19.2 Å². The largest absolute Gasteiger partial charge is 0.274 e. The van der Waals surface area contributed by atoms with E-state index in [0.29, 0.717) is 79.9 Å². The average molecular weight is 1100 g/mol. The normalized spacial score (nSPS) is 13.4. The quantitative estimate of drug-likeness (QED) is 0.0288. The summed E-state index contributed by atoms with van der Waals surface area (Å²) in [5, 5.41) is 36.0. The van der Waals surface area contributed by atoms with Gasteiger partial charge in [0, 0.05) is 56.5 Å². The van der Waals surface area contributed by atoms with Crippen LogP contribution < -0.4 is 0 Å². The molecular weight excluding hydrogens is 1030 g/mol. The molecule has 2 heterocycles. The van der Waals surface area contributed by atoms with Gasteiger partial charge in [-0.25, -0.2) is 0 Å². The molecule has 0 bridgehead atoms. The van der Waals surface area contributed by atoms with E-state index in [1.54, 1.807) is 24.3 Å². The molecule has 11 aromatic carbocycles. The Hall–Kier alpha value is -8.98. The lowest BCUT2D eigenvalue weighted by Gasteiger charge is -2.31. The van der Waals surface area contributed by atoms with E-state index in [4.69, 9.17) is 0 Å². The van der Waals surface area contributed by atoms with Crippen LogP contribution in [0.2, 0.25) is 0 Å². The predicted molar refractivity (Wildman–Crippen MR) is 342 cm³/mol. The zero-order chi connectivity index (χ0) is 57.6. The molecule has 0 spiro atoms. The van der Waals surface area contributed by atoms with Crippen LogP contribution >= 0.6 is 0 Å². The molecule has 416 valence electrons. The van der Waals surface area contributed by atoms with E-state index >= 15 is 0 Å². The molecule has 4 amide bonds. The number of aryl methyl sites for hydroxylation is 4. The number of carbonyl (C=O) groups is 4. The van der Waals surface area contributed by atoms with Crippen molar-refractivity contribution in [3.05, 3.63) is 189 Å². The van der Waals surface area contributed by atoms with E-state index in [1.165, 1.54) is 139 Å². The highest BCUT2D eigenvalue weighted by atomic mass is 16.2. The van der Waals surface area contributed by atoms with E-state index in [2.05, 4.69) is 123 Å². The lowest BCUT2D eigenvalue weighted by atomic mass is 9.79. The minimum Gasteiger partial charge on any atom is -0.274 e. The van der Waals surface area contributed by atoms with Crippen molar-refractivity contribution >= 4 is 110 Å². The van der Waals surface area contributed by atoms with Crippen molar-refractivity contribution in [2.75, 3.05) is 13.1 Å². The average Bonchev–Trinajstić information content (AvgIpc) is 0.923. The maximum atomic E-state index is 14.9. The van der Waals surface area contributed by atoms with Gasteiger partial charge in [0.15, 0.2) is 0 Å². The first-order chi connectivity index (χ1) is 41.3. The molecule has 8 nitrogen and oxygen atoms in total. The second-order valence-electron chi connectivity index (χ2n) is 23.6. The summed E-state index contributed by atoms with van der Waals surface area (Å²) in [5.74, 6) is -1.75. The summed E-state index contributed by atoms with van der Waals surface area (Å²) < 4.78 is 0. The summed E-state index contributed by atoms with van der Waals surface area (Å²) in [6.45, 7) is 4.85. The van der Waals surface area contributed by atoms with Crippen LogP contribution in [0.1, 0.15) is 179 Å². The van der Waals surface area contributed by atoms with Gasteiger partial charge in [-0.05, 0) is 152 Å². The molecule has 0 saturated carbocycles. The summed E-state index contributed by atoms with van der Waals surface area (Å²) in [5.41, 5.74) is 6.85. The SMILES string of the molecule is CCCCCCCCc1c2ccccc2c(CCCN2C(=O)c3ccc4c5c(C#N)cc6c7c(ccc(c8c(C#N)cc(c3c48)C2=O)c75)C(=O)N(CCCc2c3ccccc3c(CCCCCCCC)c3ccccc23)C6=O)c2ccccc12. The standard InChI is InChI=1S/C76H68N4O4/c1-3-5-7-9-11-13-25-49-51-27-15-19-31-55(51)59(56-32-20-16-28-52(49)56)35-23-41-79-73(81)63-39-37-61-68-48(46-78)44-66-70-64(40-38-62(72(68)70)67-47(45-77)43-65(75(79)83)69(63)71(61)67)74(82)80(76(66)84)42-24-36-60-57-33-21-17-29-53(57)50(26-14-12-10-8-6-4-2)54-30-18-22-34-58(54)60/h15-22,27-34,37-40,43-44H,3-14,23-26,35-36,41-42H2,1-2H3. The number of nitriles is 2. The van der Waals surface area contributed by atoms with Gasteiger partial charge in [0.25, 0.3) is 23.6 Å². The van der Waals surface area contributed by atoms with Crippen molar-refractivity contribution in [1.82, 2.24) is 9.80 Å². The maximum Gasteiger partial charge on any atom is 0.261 e. The minimum absolute atomic E-state index is 0.178. The molecular formula is C76H68N4O4. The molecule has 0 aromatic heterocycles. The number of amides is 4. The Kier molecular flexibility index (Phi) is 14.9. The lowest BCUT2D eigenvalue weighted by molar-refractivity contribution is 0.0593. The number of benzene rings is 11. The topological polar surface area (TPSA) is 122 Å². The number of fused-ring (bicyclic) bond motifs is 6. The number of hydrogen-bond donors (Lipinski definition) is 0. The zero-order valence-electron chi connectivity index (χ0n) is 48.3. The molecule has 2 aliphatic heterocycles. The smallest absolute Gasteiger partial charge is 0.261 e. The highest BCUT2D eigenvalue weighted by Crippen LogP contribution is 2.49. The van der Waals surface area contributed by atoms with Gasteiger partial charge in [-0.15, -0.1) is 0 Å². The third-order valence-electron chi connectivity index (χ3n) is 18.7. The molecule has 0 N–H and O–H groups in total. The Labute approximate surface area is 490 Å². The predicted octanol–water partition coefficient (Wildman–Crippen LogP) is 18.4. The third kappa shape index (κ3) is 9.01. The first-order valence-electron chi connectivity index (χ1n) is 30.9. The van der Waals surface area contributed by atoms with E-state index < -0.39 is 23.6 Å². The molecule has 0 unspecified atom stereocenters. The van der Waals surface area contributed by atoms with Crippen LogP contribution in [0.4, 0.5) is 0 Å². The van der Waals surface area contributed by atoms with Gasteiger partial charge in [0.2, 0.25) is 0 Å². The van der Waals surface area contributed by atoms with Crippen LogP contribution in [0, 0.1) is 22.7 Å². The van der Waals surface area contributed by atoms with Crippen molar-refractivity contribution in [2.24, 2.45) is 0 Å². The van der Waals surface area contributed by atoms with Crippen LogP contribution in [0.15, 0.2) is 133 Å². The van der Waals surface area contributed by atoms with Gasteiger partial charge in [0.05, 0.1) is 34.4 Å². The highest BCUT2D eigenvalue weighted by molar-refractivity contribution is 6.42. The highest BCUT2D eigenvalue weighted by Gasteiger charge is 2.38. The zero-order valence-corrected chi connectivity index (χ0v) is 48.3. The molecule has 11 aromatic rings. The molecule has 0 aliphatic carbocycles. The van der Waals surface area contributed by atoms with Crippen LogP contribution in [0.3, 0.4) is 0 Å². The van der Waals surface area contributed by atoms with E-state index in [1.807, 2.05) is 12.1 Å². The first-order valence-corrected chi connectivity index (χ1v) is 30.9. The van der Waals surface area contributed by atoms with E-state index in [0.717, 1.165) is 25.7 Å². The number of nitrogens with zero attached hydrogens (tertiary/aromatic N) is 4. The monoisotopic (exact) mass is 1100 g/mol. The third-order valence-corrected chi connectivity index (χ3v) is 18.7. The van der Waals surface area contributed by atoms with E-state index in [-0.39, 0.29) is 35.3 Å². The number of carbonyl (C=O) groups excluding carboxylic acids is 4. The van der Waals surface area contributed by atoms with E-state index in [9.17, 15) is 29.7 Å². The second kappa shape index (κ2) is 23.0. The Morgan fingerprint density at radius 3 is 0.905 bits per heavy atom. The lowest BCUT2D eigenvalue weighted by Crippen LogP contribution is -2.41.